The predicted molar refractivity (Wildman–Crippen MR) is 81.5 cm³/mol. The van der Waals surface area contributed by atoms with Crippen molar-refractivity contribution in [2.24, 2.45) is 5.73 Å². The molecule has 0 radical (unpaired) electrons. The molecule has 3 nitrogen and oxygen atoms in total. The van der Waals surface area contributed by atoms with E-state index in [0.29, 0.717) is 6.04 Å². The van der Waals surface area contributed by atoms with E-state index >= 15 is 0 Å². The minimum absolute atomic E-state index is 0.256. The molecule has 1 aromatic heterocycles. The lowest BCUT2D eigenvalue weighted by atomic mass is 10.0. The fourth-order valence-corrected chi connectivity index (χ4v) is 4.55. The van der Waals surface area contributed by atoms with Gasteiger partial charge in [0, 0.05) is 36.6 Å². The van der Waals surface area contributed by atoms with Crippen molar-refractivity contribution in [1.29, 1.82) is 0 Å². The van der Waals surface area contributed by atoms with E-state index in [4.69, 9.17) is 5.73 Å². The average Bonchev–Trinajstić information content (AvgIpc) is 3.08. The molecule has 3 atom stereocenters. The molecule has 2 saturated heterocycles. The van der Waals surface area contributed by atoms with Gasteiger partial charge >= 0.3 is 0 Å². The van der Waals surface area contributed by atoms with Crippen molar-refractivity contribution >= 4 is 11.3 Å². The van der Waals surface area contributed by atoms with Crippen LogP contribution >= 0.6 is 11.3 Å². The number of nitrogens with two attached hydrogens (primary N) is 1. The second-order valence-electron chi connectivity index (χ2n) is 5.86. The van der Waals surface area contributed by atoms with Crippen LogP contribution in [0, 0.1) is 0 Å². The zero-order chi connectivity index (χ0) is 13.2. The molecule has 1 aromatic rings. The fourth-order valence-electron chi connectivity index (χ4n) is 3.61. The molecule has 0 spiro atoms. The molecule has 4 heteroatoms. The molecule has 2 fully saturated rings. The quantitative estimate of drug-likeness (QED) is 0.918. The highest BCUT2D eigenvalue weighted by atomic mass is 32.1. The summed E-state index contributed by atoms with van der Waals surface area (Å²) in [7, 11) is 0. The normalized spacial score (nSPS) is 28.2. The van der Waals surface area contributed by atoms with Crippen molar-refractivity contribution in [3.8, 4) is 0 Å². The first-order valence-corrected chi connectivity index (χ1v) is 8.44. The van der Waals surface area contributed by atoms with Crippen LogP contribution in [0.5, 0.6) is 0 Å². The van der Waals surface area contributed by atoms with E-state index in [9.17, 15) is 0 Å². The maximum atomic E-state index is 6.43. The minimum Gasteiger partial charge on any atom is -0.326 e. The zero-order valence-electron chi connectivity index (χ0n) is 11.8. The summed E-state index contributed by atoms with van der Waals surface area (Å²) in [5.74, 6) is 0. The number of rotatable bonds is 4. The van der Waals surface area contributed by atoms with E-state index in [1.165, 1.54) is 43.9 Å². The Morgan fingerprint density at radius 3 is 3.05 bits per heavy atom. The summed E-state index contributed by atoms with van der Waals surface area (Å²) >= 11 is 1.86. The van der Waals surface area contributed by atoms with Crippen LogP contribution in [-0.4, -0.2) is 48.1 Å². The molecule has 3 unspecified atom stereocenters. The van der Waals surface area contributed by atoms with Crippen LogP contribution in [0.4, 0.5) is 0 Å². The Hall–Kier alpha value is -0.420. The summed E-state index contributed by atoms with van der Waals surface area (Å²) in [5, 5.41) is 2.18. The number of hydrogen-bond donors (Lipinski definition) is 1. The van der Waals surface area contributed by atoms with Gasteiger partial charge in [-0.3, -0.25) is 9.80 Å². The summed E-state index contributed by atoms with van der Waals surface area (Å²) < 4.78 is 0. The maximum absolute atomic E-state index is 6.43. The molecule has 19 heavy (non-hydrogen) atoms. The van der Waals surface area contributed by atoms with Gasteiger partial charge in [-0.05, 0) is 37.3 Å². The molecule has 0 aromatic carbocycles. The van der Waals surface area contributed by atoms with Gasteiger partial charge in [0.1, 0.15) is 0 Å². The third-order valence-corrected chi connectivity index (χ3v) is 5.67. The van der Waals surface area contributed by atoms with E-state index in [1.54, 1.807) is 0 Å². The van der Waals surface area contributed by atoms with Gasteiger partial charge in [0.15, 0.2) is 0 Å². The Kier molecular flexibility index (Phi) is 4.22. The van der Waals surface area contributed by atoms with E-state index < -0.39 is 0 Å². The van der Waals surface area contributed by atoms with Crippen LogP contribution in [0.15, 0.2) is 17.5 Å². The fraction of sp³-hybridized carbons (Fsp3) is 0.733. The Labute approximate surface area is 120 Å². The van der Waals surface area contributed by atoms with Crippen molar-refractivity contribution in [1.82, 2.24) is 9.80 Å². The smallest absolute Gasteiger partial charge is 0.0594 e. The molecule has 3 rings (SSSR count). The lowest BCUT2D eigenvalue weighted by molar-refractivity contribution is 0.0621. The van der Waals surface area contributed by atoms with Crippen molar-refractivity contribution in [3.63, 3.8) is 0 Å². The number of fused-ring (bicyclic) bond motifs is 1. The summed E-state index contributed by atoms with van der Waals surface area (Å²) in [4.78, 5) is 6.76. The SMILES string of the molecule is CCC(N)C(c1cccs1)N1CCN2CCCC2C1. The van der Waals surface area contributed by atoms with Gasteiger partial charge in [-0.1, -0.05) is 13.0 Å². The van der Waals surface area contributed by atoms with Gasteiger partial charge in [-0.25, -0.2) is 0 Å². The summed E-state index contributed by atoms with van der Waals surface area (Å²) in [6.07, 6.45) is 3.80. The van der Waals surface area contributed by atoms with E-state index in [1.807, 2.05) is 11.3 Å². The van der Waals surface area contributed by atoms with Gasteiger partial charge in [-0.2, -0.15) is 0 Å². The molecule has 0 bridgehead atoms. The van der Waals surface area contributed by atoms with E-state index in [0.717, 1.165) is 12.5 Å². The van der Waals surface area contributed by atoms with Crippen LogP contribution < -0.4 is 5.73 Å². The molecular weight excluding hydrogens is 254 g/mol. The van der Waals surface area contributed by atoms with Crippen LogP contribution in [-0.2, 0) is 0 Å². The molecule has 0 saturated carbocycles. The first kappa shape index (κ1) is 13.6. The van der Waals surface area contributed by atoms with E-state index in [2.05, 4.69) is 34.2 Å². The second-order valence-corrected chi connectivity index (χ2v) is 6.84. The number of hydrogen-bond acceptors (Lipinski definition) is 4. The van der Waals surface area contributed by atoms with Gasteiger partial charge in [0.25, 0.3) is 0 Å². The maximum Gasteiger partial charge on any atom is 0.0594 e. The topological polar surface area (TPSA) is 32.5 Å². The molecule has 2 aliphatic heterocycles. The molecule has 0 aliphatic carbocycles. The molecule has 3 heterocycles. The number of piperazine rings is 1. The summed E-state index contributed by atoms with van der Waals surface area (Å²) in [6.45, 7) is 7.12. The molecule has 2 N–H and O–H groups in total. The zero-order valence-corrected chi connectivity index (χ0v) is 12.6. The Balaban J connectivity index is 1.76. The van der Waals surface area contributed by atoms with Crippen LogP contribution in [0.3, 0.4) is 0 Å². The van der Waals surface area contributed by atoms with Crippen molar-refractivity contribution in [2.75, 3.05) is 26.2 Å². The number of thiophene rings is 1. The van der Waals surface area contributed by atoms with E-state index in [-0.39, 0.29) is 6.04 Å². The standard InChI is InChI=1S/C15H25N3S/c1-2-13(16)15(14-6-4-10-19-14)18-9-8-17-7-3-5-12(17)11-18/h4,6,10,12-13,15H,2-3,5,7-9,11,16H2,1H3. The van der Waals surface area contributed by atoms with Gasteiger partial charge < -0.3 is 5.73 Å². The Morgan fingerprint density at radius 2 is 2.32 bits per heavy atom. The molecule has 106 valence electrons. The molecule has 2 aliphatic rings. The van der Waals surface area contributed by atoms with Crippen LogP contribution in [0.1, 0.15) is 37.1 Å². The van der Waals surface area contributed by atoms with Gasteiger partial charge in [-0.15, -0.1) is 11.3 Å². The highest BCUT2D eigenvalue weighted by Gasteiger charge is 2.35. The molecule has 0 amide bonds. The average molecular weight is 279 g/mol. The highest BCUT2D eigenvalue weighted by Crippen LogP contribution is 2.32. The first-order chi connectivity index (χ1) is 9.29. The first-order valence-electron chi connectivity index (χ1n) is 7.56. The minimum atomic E-state index is 0.256. The highest BCUT2D eigenvalue weighted by molar-refractivity contribution is 7.10. The third-order valence-electron chi connectivity index (χ3n) is 4.72. The largest absolute Gasteiger partial charge is 0.326 e. The number of nitrogens with zero attached hydrogens (tertiary/aromatic N) is 2. The predicted octanol–water partition coefficient (Wildman–Crippen LogP) is 2.31. The lowest BCUT2D eigenvalue weighted by Gasteiger charge is -2.43. The summed E-state index contributed by atoms with van der Waals surface area (Å²) in [6, 6.07) is 5.87. The monoisotopic (exact) mass is 279 g/mol. The van der Waals surface area contributed by atoms with Crippen molar-refractivity contribution in [3.05, 3.63) is 22.4 Å². The second kappa shape index (κ2) is 5.92. The van der Waals surface area contributed by atoms with Crippen molar-refractivity contribution in [2.45, 2.75) is 44.3 Å². The van der Waals surface area contributed by atoms with Crippen LogP contribution in [0.2, 0.25) is 0 Å². The lowest BCUT2D eigenvalue weighted by Crippen LogP contribution is -2.53. The van der Waals surface area contributed by atoms with Gasteiger partial charge in [0.2, 0.25) is 0 Å². The van der Waals surface area contributed by atoms with Gasteiger partial charge in [0.05, 0.1) is 6.04 Å². The Morgan fingerprint density at radius 1 is 1.42 bits per heavy atom. The summed E-state index contributed by atoms with van der Waals surface area (Å²) in [5.41, 5.74) is 6.43. The third kappa shape index (κ3) is 2.72. The van der Waals surface area contributed by atoms with Crippen LogP contribution in [0.25, 0.3) is 0 Å². The Bertz CT molecular complexity index is 392. The van der Waals surface area contributed by atoms with Crippen molar-refractivity contribution < 1.29 is 0 Å². The molecular formula is C15H25N3S.